The Hall–Kier alpha value is -1.05. The summed E-state index contributed by atoms with van der Waals surface area (Å²) in [6.07, 6.45) is -0.131. The molecule has 0 heterocycles. The van der Waals surface area contributed by atoms with Crippen LogP contribution in [0.2, 0.25) is 25.7 Å². The van der Waals surface area contributed by atoms with E-state index in [2.05, 4.69) is 0 Å². The number of hydrogen-bond donors (Lipinski definition) is 3. The molecule has 0 bridgehead atoms. The zero-order chi connectivity index (χ0) is 16.5. The van der Waals surface area contributed by atoms with Crippen LogP contribution in [0.4, 0.5) is 5.69 Å². The van der Waals surface area contributed by atoms with Crippen molar-refractivity contribution in [1.29, 1.82) is 0 Å². The number of benzene rings is 1. The minimum Gasteiger partial charge on any atom is -0.373 e. The fourth-order valence-corrected chi connectivity index (χ4v) is 4.08. The maximum Gasteiger partial charge on any atom is 0.361 e. The summed E-state index contributed by atoms with van der Waals surface area (Å²) in [6.45, 7) is 6.04. The zero-order valence-corrected chi connectivity index (χ0v) is 14.1. The van der Waals surface area contributed by atoms with E-state index in [4.69, 9.17) is 0 Å². The molecule has 7 nitrogen and oxygen atoms in total. The highest BCUT2D eigenvalue weighted by Crippen LogP contribution is 2.58. The zero-order valence-electron chi connectivity index (χ0n) is 12.2. The largest absolute Gasteiger partial charge is 0.373 e. The van der Waals surface area contributed by atoms with Crippen molar-refractivity contribution < 1.29 is 24.4 Å². The van der Waals surface area contributed by atoms with Crippen LogP contribution in [-0.4, -0.2) is 27.9 Å². The summed E-state index contributed by atoms with van der Waals surface area (Å²) in [5, 5.41) is 18.9. The van der Waals surface area contributed by atoms with Crippen molar-refractivity contribution in [2.75, 3.05) is 0 Å². The van der Waals surface area contributed by atoms with Crippen LogP contribution in [0.15, 0.2) is 24.3 Å². The van der Waals surface area contributed by atoms with Gasteiger partial charge in [-0.2, -0.15) is 0 Å². The fraction of sp³-hybridized carbons (Fsp3) is 0.500. The van der Waals surface area contributed by atoms with Gasteiger partial charge < -0.3 is 14.9 Å². The molecule has 1 aromatic carbocycles. The van der Waals surface area contributed by atoms with Gasteiger partial charge in [-0.3, -0.25) is 14.7 Å². The lowest BCUT2D eigenvalue weighted by Gasteiger charge is -2.31. The number of nitro groups is 1. The summed E-state index contributed by atoms with van der Waals surface area (Å²) >= 11 is 0. The van der Waals surface area contributed by atoms with Crippen molar-refractivity contribution in [2.45, 2.75) is 37.4 Å². The second kappa shape index (κ2) is 5.98. The number of non-ortho nitro benzene ring substituents is 1. The fourth-order valence-electron chi connectivity index (χ4n) is 1.88. The molecule has 0 aliphatic rings. The Morgan fingerprint density at radius 2 is 1.90 bits per heavy atom. The first kappa shape index (κ1) is 18.0. The SMILES string of the molecule is C[Si](C)(C)CCC(O)(c1cccc([N+](=O)[O-])c1)P(=O)(O)O. The van der Waals surface area contributed by atoms with Gasteiger partial charge in [-0.1, -0.05) is 37.8 Å². The van der Waals surface area contributed by atoms with E-state index in [-0.39, 0.29) is 17.7 Å². The van der Waals surface area contributed by atoms with E-state index in [1.54, 1.807) is 0 Å². The number of nitrogens with zero attached hydrogens (tertiary/aromatic N) is 1. The second-order valence-electron chi connectivity index (χ2n) is 6.23. The molecular weight excluding hydrogens is 313 g/mol. The number of rotatable bonds is 6. The third-order valence-electron chi connectivity index (χ3n) is 3.22. The van der Waals surface area contributed by atoms with Crippen molar-refractivity contribution in [3.8, 4) is 0 Å². The third-order valence-corrected chi connectivity index (χ3v) is 6.42. The van der Waals surface area contributed by atoms with Crippen LogP contribution in [0.1, 0.15) is 12.0 Å². The van der Waals surface area contributed by atoms with E-state index >= 15 is 0 Å². The Morgan fingerprint density at radius 3 is 2.33 bits per heavy atom. The van der Waals surface area contributed by atoms with Gasteiger partial charge in [0.2, 0.25) is 0 Å². The maximum absolute atomic E-state index is 11.7. The molecule has 0 aliphatic heterocycles. The first-order chi connectivity index (χ1) is 9.37. The van der Waals surface area contributed by atoms with Gasteiger partial charge in [0, 0.05) is 25.8 Å². The standard InChI is InChI=1S/C12H20NO6PSi/c1-21(2,3)8-7-12(14,20(17,18)19)10-5-4-6-11(9-10)13(15)16/h4-6,9,14H,7-8H2,1-3H3,(H2,17,18,19). The Bertz CT molecular complexity index is 581. The quantitative estimate of drug-likeness (QED) is 0.318. The lowest BCUT2D eigenvalue weighted by atomic mass is 10.1. The Labute approximate surface area is 124 Å². The molecule has 3 N–H and O–H groups in total. The molecule has 1 rings (SSSR count). The van der Waals surface area contributed by atoms with Crippen molar-refractivity contribution in [1.82, 2.24) is 0 Å². The molecule has 1 aromatic rings. The van der Waals surface area contributed by atoms with Gasteiger partial charge in [-0.05, 0) is 6.42 Å². The van der Waals surface area contributed by atoms with Gasteiger partial charge in [0.25, 0.3) is 5.69 Å². The minimum atomic E-state index is -4.89. The van der Waals surface area contributed by atoms with E-state index in [0.29, 0.717) is 6.04 Å². The molecule has 0 saturated heterocycles. The molecule has 1 unspecified atom stereocenters. The highest BCUT2D eigenvalue weighted by molar-refractivity contribution is 7.52. The topological polar surface area (TPSA) is 121 Å². The molecule has 0 aliphatic carbocycles. The second-order valence-corrected chi connectivity index (χ2v) is 13.7. The summed E-state index contributed by atoms with van der Waals surface area (Å²) in [6, 6.07) is 5.32. The van der Waals surface area contributed by atoms with Gasteiger partial charge in [0.05, 0.1) is 4.92 Å². The van der Waals surface area contributed by atoms with Crippen molar-refractivity contribution in [3.63, 3.8) is 0 Å². The van der Waals surface area contributed by atoms with Crippen molar-refractivity contribution >= 4 is 21.4 Å². The van der Waals surface area contributed by atoms with E-state index in [1.807, 2.05) is 19.6 Å². The molecule has 1 atom stereocenters. The molecule has 0 fully saturated rings. The first-order valence-electron chi connectivity index (χ1n) is 6.40. The van der Waals surface area contributed by atoms with E-state index in [1.165, 1.54) is 18.2 Å². The van der Waals surface area contributed by atoms with Crippen molar-refractivity contribution in [3.05, 3.63) is 39.9 Å². The molecule has 0 aromatic heterocycles. The summed E-state index contributed by atoms with van der Waals surface area (Å²) in [7, 11) is -6.54. The van der Waals surface area contributed by atoms with E-state index in [9.17, 15) is 29.6 Å². The van der Waals surface area contributed by atoms with Crippen LogP contribution in [0.5, 0.6) is 0 Å². The van der Waals surface area contributed by atoms with Crippen LogP contribution in [0.25, 0.3) is 0 Å². The highest BCUT2D eigenvalue weighted by atomic mass is 31.2. The van der Waals surface area contributed by atoms with Crippen LogP contribution in [0.3, 0.4) is 0 Å². The van der Waals surface area contributed by atoms with Crippen LogP contribution in [-0.2, 0) is 9.91 Å². The first-order valence-corrected chi connectivity index (χ1v) is 11.7. The summed E-state index contributed by atoms with van der Waals surface area (Å²) in [4.78, 5) is 29.2. The molecule has 0 spiro atoms. The normalized spacial score (nSPS) is 15.5. The molecular formula is C12H20NO6PSi. The van der Waals surface area contributed by atoms with Crippen molar-refractivity contribution in [2.24, 2.45) is 0 Å². The Balaban J connectivity index is 3.29. The average Bonchev–Trinajstić information content (AvgIpc) is 2.33. The Morgan fingerprint density at radius 1 is 1.33 bits per heavy atom. The van der Waals surface area contributed by atoms with Gasteiger partial charge in [-0.15, -0.1) is 0 Å². The minimum absolute atomic E-state index is 0.122. The van der Waals surface area contributed by atoms with Gasteiger partial charge >= 0.3 is 7.60 Å². The predicted molar refractivity (Wildman–Crippen MR) is 81.8 cm³/mol. The lowest BCUT2D eigenvalue weighted by Crippen LogP contribution is -2.30. The molecule has 0 radical (unpaired) electrons. The summed E-state index contributed by atoms with van der Waals surface area (Å²) < 4.78 is 11.7. The predicted octanol–water partition coefficient (Wildman–Crippen LogP) is 2.65. The number of hydrogen-bond acceptors (Lipinski definition) is 4. The van der Waals surface area contributed by atoms with Gasteiger partial charge in [0.15, 0.2) is 5.34 Å². The molecule has 118 valence electrons. The molecule has 0 saturated carbocycles. The monoisotopic (exact) mass is 333 g/mol. The van der Waals surface area contributed by atoms with Gasteiger partial charge in [0.1, 0.15) is 0 Å². The molecule has 0 amide bonds. The lowest BCUT2D eigenvalue weighted by molar-refractivity contribution is -0.385. The third kappa shape index (κ3) is 4.46. The van der Waals surface area contributed by atoms with E-state index in [0.717, 1.165) is 6.07 Å². The molecule has 21 heavy (non-hydrogen) atoms. The number of aliphatic hydroxyl groups is 1. The molecule has 9 heteroatoms. The van der Waals surface area contributed by atoms with E-state index < -0.39 is 25.9 Å². The summed E-state index contributed by atoms with van der Waals surface area (Å²) in [5.41, 5.74) is -0.435. The number of nitro benzene ring substituents is 1. The Kier molecular flexibility index (Phi) is 5.12. The summed E-state index contributed by atoms with van der Waals surface area (Å²) in [5.74, 6) is 0. The maximum atomic E-state index is 11.7. The van der Waals surface area contributed by atoms with Gasteiger partial charge in [-0.25, -0.2) is 0 Å². The van der Waals surface area contributed by atoms with Crippen LogP contribution >= 0.6 is 7.60 Å². The highest BCUT2D eigenvalue weighted by Gasteiger charge is 2.47. The smallest absolute Gasteiger partial charge is 0.361 e. The van der Waals surface area contributed by atoms with Crippen LogP contribution < -0.4 is 0 Å². The van der Waals surface area contributed by atoms with Crippen LogP contribution in [0, 0.1) is 10.1 Å². The average molecular weight is 333 g/mol.